The number of thioether (sulfide) groups is 1. The van der Waals surface area contributed by atoms with Gasteiger partial charge in [0.1, 0.15) is 5.69 Å². The molecule has 0 amide bonds. The summed E-state index contributed by atoms with van der Waals surface area (Å²) in [6.45, 7) is 1.49. The summed E-state index contributed by atoms with van der Waals surface area (Å²) in [4.78, 5) is 6.83. The number of halogens is 3. The molecule has 0 saturated heterocycles. The number of hydrogen-bond donors (Lipinski definition) is 0. The van der Waals surface area contributed by atoms with Gasteiger partial charge in [0.05, 0.1) is 0 Å². The van der Waals surface area contributed by atoms with Gasteiger partial charge in [0, 0.05) is 17.6 Å². The van der Waals surface area contributed by atoms with Crippen LogP contribution in [0.15, 0.2) is 53.6 Å². The van der Waals surface area contributed by atoms with Crippen molar-refractivity contribution in [3.05, 3.63) is 59.9 Å². The first-order chi connectivity index (χ1) is 10.9. The van der Waals surface area contributed by atoms with Crippen LogP contribution in [0.1, 0.15) is 17.7 Å². The maximum Gasteiger partial charge on any atom is 0.433 e. The van der Waals surface area contributed by atoms with E-state index < -0.39 is 11.9 Å². The lowest BCUT2D eigenvalue weighted by molar-refractivity contribution is -0.141. The Kier molecular flexibility index (Phi) is 6.47. The molecular formula is C17H19F3N2S. The van der Waals surface area contributed by atoms with E-state index in [0.29, 0.717) is 6.54 Å². The molecule has 0 atom stereocenters. The molecule has 0 bridgehead atoms. The van der Waals surface area contributed by atoms with Crippen LogP contribution in [-0.2, 0) is 12.7 Å². The third kappa shape index (κ3) is 6.23. The minimum absolute atomic E-state index is 0.598. The van der Waals surface area contributed by atoms with Gasteiger partial charge in [-0.25, -0.2) is 0 Å². The predicted octanol–water partition coefficient (Wildman–Crippen LogP) is 4.71. The molecule has 0 unspecified atom stereocenters. The lowest BCUT2D eigenvalue weighted by atomic mass is 10.2. The van der Waals surface area contributed by atoms with Crippen LogP contribution >= 0.6 is 11.8 Å². The van der Waals surface area contributed by atoms with Crippen molar-refractivity contribution in [2.45, 2.75) is 24.0 Å². The second-order valence-corrected chi connectivity index (χ2v) is 6.47. The van der Waals surface area contributed by atoms with Gasteiger partial charge < -0.3 is 4.90 Å². The Morgan fingerprint density at radius 3 is 2.43 bits per heavy atom. The van der Waals surface area contributed by atoms with E-state index in [4.69, 9.17) is 0 Å². The van der Waals surface area contributed by atoms with E-state index in [1.807, 2.05) is 37.0 Å². The van der Waals surface area contributed by atoms with Crippen molar-refractivity contribution in [1.82, 2.24) is 9.88 Å². The predicted molar refractivity (Wildman–Crippen MR) is 87.4 cm³/mol. The fourth-order valence-electron chi connectivity index (χ4n) is 2.12. The molecule has 0 aliphatic carbocycles. The molecular weight excluding hydrogens is 321 g/mol. The first kappa shape index (κ1) is 17.8. The standard InChI is InChI=1S/C17H19F3N2S/c1-22(10-5-11-23-15-6-3-2-4-7-15)13-14-8-9-16(21-12-14)17(18,19)20/h2-4,6-9,12H,5,10-11,13H2,1H3. The summed E-state index contributed by atoms with van der Waals surface area (Å²) in [6, 6.07) is 12.7. The SMILES string of the molecule is CN(CCCSc1ccccc1)Cc1ccc(C(F)(F)F)nc1. The highest BCUT2D eigenvalue weighted by Gasteiger charge is 2.31. The summed E-state index contributed by atoms with van der Waals surface area (Å²) >= 11 is 1.81. The number of hydrogen-bond acceptors (Lipinski definition) is 3. The molecule has 2 nitrogen and oxygen atoms in total. The summed E-state index contributed by atoms with van der Waals surface area (Å²) in [5, 5.41) is 0. The van der Waals surface area contributed by atoms with Gasteiger partial charge in [0.25, 0.3) is 0 Å². The van der Waals surface area contributed by atoms with Crippen molar-refractivity contribution >= 4 is 11.8 Å². The van der Waals surface area contributed by atoms with Crippen molar-refractivity contribution in [1.29, 1.82) is 0 Å². The van der Waals surface area contributed by atoms with E-state index in [0.717, 1.165) is 30.3 Å². The molecule has 23 heavy (non-hydrogen) atoms. The van der Waals surface area contributed by atoms with Gasteiger partial charge >= 0.3 is 6.18 Å². The number of nitrogens with zero attached hydrogens (tertiary/aromatic N) is 2. The Morgan fingerprint density at radius 1 is 1.09 bits per heavy atom. The quantitative estimate of drug-likeness (QED) is 0.536. The maximum absolute atomic E-state index is 12.5. The highest BCUT2D eigenvalue weighted by molar-refractivity contribution is 7.99. The van der Waals surface area contributed by atoms with Crippen LogP contribution < -0.4 is 0 Å². The Labute approximate surface area is 138 Å². The largest absolute Gasteiger partial charge is 0.433 e. The van der Waals surface area contributed by atoms with Crippen LogP contribution in [0.5, 0.6) is 0 Å². The van der Waals surface area contributed by atoms with Crippen LogP contribution in [0.2, 0.25) is 0 Å². The minimum atomic E-state index is -4.38. The second kappa shape index (κ2) is 8.36. The fourth-order valence-corrected chi connectivity index (χ4v) is 2.98. The van der Waals surface area contributed by atoms with Gasteiger partial charge in [0.15, 0.2) is 0 Å². The zero-order valence-corrected chi connectivity index (χ0v) is 13.7. The Morgan fingerprint density at radius 2 is 1.83 bits per heavy atom. The van der Waals surface area contributed by atoms with E-state index in [1.54, 1.807) is 0 Å². The van der Waals surface area contributed by atoms with Crippen molar-refractivity contribution in [3.63, 3.8) is 0 Å². The van der Waals surface area contributed by atoms with Crippen molar-refractivity contribution < 1.29 is 13.2 Å². The molecule has 0 aliphatic heterocycles. The van der Waals surface area contributed by atoms with Gasteiger partial charge in [-0.2, -0.15) is 13.2 Å². The lowest BCUT2D eigenvalue weighted by Crippen LogP contribution is -2.20. The van der Waals surface area contributed by atoms with Gasteiger partial charge in [0.2, 0.25) is 0 Å². The molecule has 2 aromatic rings. The third-order valence-electron chi connectivity index (χ3n) is 3.26. The second-order valence-electron chi connectivity index (χ2n) is 5.30. The minimum Gasteiger partial charge on any atom is -0.302 e. The summed E-state index contributed by atoms with van der Waals surface area (Å²) in [7, 11) is 1.96. The summed E-state index contributed by atoms with van der Waals surface area (Å²) in [6.07, 6.45) is -2.05. The molecule has 1 heterocycles. The van der Waals surface area contributed by atoms with Gasteiger partial charge in [-0.1, -0.05) is 24.3 Å². The normalized spacial score (nSPS) is 11.9. The average molecular weight is 340 g/mol. The molecule has 0 radical (unpaired) electrons. The van der Waals surface area contributed by atoms with Crippen LogP contribution in [0.3, 0.4) is 0 Å². The topological polar surface area (TPSA) is 16.1 Å². The molecule has 6 heteroatoms. The third-order valence-corrected chi connectivity index (χ3v) is 4.36. The Hall–Kier alpha value is -1.53. The van der Waals surface area contributed by atoms with Gasteiger partial charge in [-0.15, -0.1) is 11.8 Å². The smallest absolute Gasteiger partial charge is 0.302 e. The van der Waals surface area contributed by atoms with Gasteiger partial charge in [-0.05, 0) is 49.5 Å². The maximum atomic E-state index is 12.5. The molecule has 0 fully saturated rings. The lowest BCUT2D eigenvalue weighted by Gasteiger charge is -2.16. The Bertz CT molecular complexity index is 585. The monoisotopic (exact) mass is 340 g/mol. The fraction of sp³-hybridized carbons (Fsp3) is 0.353. The van der Waals surface area contributed by atoms with Crippen molar-refractivity contribution in [3.8, 4) is 0 Å². The van der Waals surface area contributed by atoms with E-state index >= 15 is 0 Å². The Balaban J connectivity index is 1.71. The average Bonchev–Trinajstić information content (AvgIpc) is 2.52. The summed E-state index contributed by atoms with van der Waals surface area (Å²) < 4.78 is 37.4. The van der Waals surface area contributed by atoms with Crippen LogP contribution in [0.25, 0.3) is 0 Å². The van der Waals surface area contributed by atoms with Crippen molar-refractivity contribution in [2.24, 2.45) is 0 Å². The molecule has 124 valence electrons. The summed E-state index contributed by atoms with van der Waals surface area (Å²) in [5.74, 6) is 1.01. The highest BCUT2D eigenvalue weighted by Crippen LogP contribution is 2.27. The molecule has 2 rings (SSSR count). The molecule has 0 saturated carbocycles. The zero-order chi connectivity index (χ0) is 16.7. The van der Waals surface area contributed by atoms with Crippen LogP contribution in [0.4, 0.5) is 13.2 Å². The van der Waals surface area contributed by atoms with Gasteiger partial charge in [-0.3, -0.25) is 4.98 Å². The number of alkyl halides is 3. The molecule has 1 aromatic carbocycles. The molecule has 0 aliphatic rings. The first-order valence-electron chi connectivity index (χ1n) is 7.33. The molecule has 0 spiro atoms. The first-order valence-corrected chi connectivity index (χ1v) is 8.32. The van der Waals surface area contributed by atoms with E-state index in [9.17, 15) is 13.2 Å². The zero-order valence-electron chi connectivity index (χ0n) is 12.9. The highest BCUT2D eigenvalue weighted by atomic mass is 32.2. The number of aromatic nitrogens is 1. The number of benzene rings is 1. The van der Waals surface area contributed by atoms with Crippen LogP contribution in [0, 0.1) is 0 Å². The van der Waals surface area contributed by atoms with Crippen LogP contribution in [-0.4, -0.2) is 29.2 Å². The van der Waals surface area contributed by atoms with E-state index in [-0.39, 0.29) is 0 Å². The van der Waals surface area contributed by atoms with Crippen molar-refractivity contribution in [2.75, 3.05) is 19.3 Å². The molecule has 0 N–H and O–H groups in total. The summed E-state index contributed by atoms with van der Waals surface area (Å²) in [5.41, 5.74) is -0.0561. The molecule has 1 aromatic heterocycles. The van der Waals surface area contributed by atoms with E-state index in [1.165, 1.54) is 17.2 Å². The van der Waals surface area contributed by atoms with E-state index in [2.05, 4.69) is 22.0 Å². The number of rotatable bonds is 7. The number of pyridine rings is 1.